The molecule has 0 aliphatic carbocycles. The lowest BCUT2D eigenvalue weighted by atomic mass is 10.2. The number of hydrogen-bond acceptors (Lipinski definition) is 4. The molecule has 8 heteroatoms. The Kier molecular flexibility index (Phi) is 7.07. The number of hydrogen-bond donors (Lipinski definition) is 2. The first-order valence-electron chi connectivity index (χ1n) is 7.04. The molecule has 1 rings (SSSR count). The molecule has 7 nitrogen and oxygen atoms in total. The van der Waals surface area contributed by atoms with Gasteiger partial charge in [-0.25, -0.2) is 4.79 Å². The average Bonchev–Trinajstić information content (AvgIpc) is 2.48. The number of anilines is 1. The normalized spacial score (nSPS) is 12.0. The molecule has 0 saturated heterocycles. The molecule has 22 heavy (non-hydrogen) atoms. The number of likely N-dealkylation sites (N-methyl/N-ethyl adjacent to an activating group) is 1. The molecule has 0 fully saturated rings. The fraction of sp³-hybridized carbons (Fsp3) is 0.500. The van der Waals surface area contributed by atoms with E-state index in [-0.39, 0.29) is 16.4 Å². The molecule has 0 spiro atoms. The monoisotopic (exact) mass is 328 g/mol. The quantitative estimate of drug-likeness (QED) is 0.594. The van der Waals surface area contributed by atoms with Crippen LogP contribution in [-0.2, 0) is 0 Å². The first-order valence-corrected chi connectivity index (χ1v) is 7.42. The Morgan fingerprint density at radius 3 is 2.77 bits per heavy atom. The number of non-ortho nitro benzene ring substituents is 1. The molecule has 0 aliphatic rings. The van der Waals surface area contributed by atoms with Gasteiger partial charge >= 0.3 is 6.03 Å². The minimum atomic E-state index is -0.541. The van der Waals surface area contributed by atoms with Gasteiger partial charge in [0.1, 0.15) is 0 Å². The largest absolute Gasteiger partial charge is 0.337 e. The lowest BCUT2D eigenvalue weighted by Gasteiger charge is -2.23. The van der Waals surface area contributed by atoms with Gasteiger partial charge in [-0.1, -0.05) is 18.5 Å². The number of nitrogens with one attached hydrogen (secondary N) is 2. The molecule has 0 bridgehead atoms. The van der Waals surface area contributed by atoms with Crippen LogP contribution in [0.25, 0.3) is 0 Å². The van der Waals surface area contributed by atoms with Crippen LogP contribution in [0.15, 0.2) is 18.2 Å². The van der Waals surface area contributed by atoms with E-state index in [9.17, 15) is 14.9 Å². The summed E-state index contributed by atoms with van der Waals surface area (Å²) in [5.41, 5.74) is 0.0832. The van der Waals surface area contributed by atoms with Gasteiger partial charge in [0.2, 0.25) is 0 Å². The fourth-order valence-electron chi connectivity index (χ4n) is 1.77. The van der Waals surface area contributed by atoms with Gasteiger partial charge in [0.15, 0.2) is 0 Å². The number of nitrogens with zero attached hydrogens (tertiary/aromatic N) is 2. The fourth-order valence-corrected chi connectivity index (χ4v) is 1.93. The van der Waals surface area contributed by atoms with Crippen molar-refractivity contribution in [3.63, 3.8) is 0 Å². The number of urea groups is 1. The average molecular weight is 329 g/mol. The van der Waals surface area contributed by atoms with Gasteiger partial charge in [0.05, 0.1) is 15.6 Å². The van der Waals surface area contributed by atoms with Crippen LogP contribution in [0.3, 0.4) is 0 Å². The smallest absolute Gasteiger partial charge is 0.319 e. The topological polar surface area (TPSA) is 87.5 Å². The standard InChI is InChI=1S/C14H21ClN4O3/c1-4-10(2)18(3)8-7-16-14(20)17-13-9-11(19(21)22)5-6-12(13)15/h5-6,9-10H,4,7-8H2,1-3H3,(H2,16,17,20)/t10-/m1/s1. The van der Waals surface area contributed by atoms with E-state index in [0.717, 1.165) is 6.42 Å². The number of carbonyl (C=O) groups is 1. The van der Waals surface area contributed by atoms with Crippen molar-refractivity contribution in [3.05, 3.63) is 33.3 Å². The first-order chi connectivity index (χ1) is 10.3. The molecular formula is C14H21ClN4O3. The van der Waals surface area contributed by atoms with Crippen molar-refractivity contribution < 1.29 is 9.72 Å². The lowest BCUT2D eigenvalue weighted by Crippen LogP contribution is -2.38. The lowest BCUT2D eigenvalue weighted by molar-refractivity contribution is -0.384. The van der Waals surface area contributed by atoms with Gasteiger partial charge in [0, 0.05) is 31.3 Å². The molecule has 0 unspecified atom stereocenters. The summed E-state index contributed by atoms with van der Waals surface area (Å²) in [4.78, 5) is 24.1. The predicted molar refractivity (Wildman–Crippen MR) is 87.5 cm³/mol. The van der Waals surface area contributed by atoms with Gasteiger partial charge in [-0.2, -0.15) is 0 Å². The summed E-state index contributed by atoms with van der Waals surface area (Å²) in [5, 5.41) is 16.2. The van der Waals surface area contributed by atoms with Crippen molar-refractivity contribution in [2.24, 2.45) is 0 Å². The Morgan fingerprint density at radius 1 is 1.50 bits per heavy atom. The minimum Gasteiger partial charge on any atom is -0.337 e. The molecule has 2 N–H and O–H groups in total. The van der Waals surface area contributed by atoms with Gasteiger partial charge in [-0.3, -0.25) is 10.1 Å². The van der Waals surface area contributed by atoms with Crippen LogP contribution in [0.4, 0.5) is 16.2 Å². The molecule has 0 aliphatic heterocycles. The van der Waals surface area contributed by atoms with Crippen LogP contribution in [0.5, 0.6) is 0 Å². The highest BCUT2D eigenvalue weighted by atomic mass is 35.5. The summed E-state index contributed by atoms with van der Waals surface area (Å²) in [6.45, 7) is 5.40. The van der Waals surface area contributed by atoms with E-state index >= 15 is 0 Å². The third-order valence-electron chi connectivity index (χ3n) is 3.50. The Labute approximate surface area is 134 Å². The summed E-state index contributed by atoms with van der Waals surface area (Å²) >= 11 is 5.92. The molecule has 122 valence electrons. The highest BCUT2D eigenvalue weighted by Crippen LogP contribution is 2.26. The van der Waals surface area contributed by atoms with Crippen LogP contribution < -0.4 is 10.6 Å². The van der Waals surface area contributed by atoms with Crippen molar-refractivity contribution in [3.8, 4) is 0 Å². The molecule has 1 aromatic rings. The Hall–Kier alpha value is -1.86. The third-order valence-corrected chi connectivity index (χ3v) is 3.83. The summed E-state index contributed by atoms with van der Waals surface area (Å²) in [6, 6.07) is 3.89. The Morgan fingerprint density at radius 2 is 2.18 bits per heavy atom. The van der Waals surface area contributed by atoms with E-state index in [1.807, 2.05) is 7.05 Å². The van der Waals surface area contributed by atoms with E-state index in [1.54, 1.807) is 0 Å². The van der Waals surface area contributed by atoms with Crippen molar-refractivity contribution in [1.82, 2.24) is 10.2 Å². The molecule has 1 atom stereocenters. The molecule has 0 heterocycles. The minimum absolute atomic E-state index is 0.129. The van der Waals surface area contributed by atoms with Crippen molar-refractivity contribution in [1.29, 1.82) is 0 Å². The Balaban J connectivity index is 2.52. The molecule has 1 aromatic carbocycles. The number of nitro groups is 1. The molecule has 0 radical (unpaired) electrons. The predicted octanol–water partition coefficient (Wildman–Crippen LogP) is 3.10. The van der Waals surface area contributed by atoms with Crippen molar-refractivity contribution >= 4 is 29.0 Å². The van der Waals surface area contributed by atoms with Crippen molar-refractivity contribution in [2.45, 2.75) is 26.3 Å². The zero-order chi connectivity index (χ0) is 16.7. The number of benzene rings is 1. The highest BCUT2D eigenvalue weighted by molar-refractivity contribution is 6.33. The second kappa shape index (κ2) is 8.55. The molecule has 0 saturated carbocycles. The van der Waals surface area contributed by atoms with E-state index in [4.69, 9.17) is 11.6 Å². The van der Waals surface area contributed by atoms with Gasteiger partial charge in [-0.05, 0) is 26.5 Å². The molecule has 0 aromatic heterocycles. The zero-order valence-corrected chi connectivity index (χ0v) is 13.7. The number of halogens is 1. The maximum Gasteiger partial charge on any atom is 0.319 e. The second-order valence-corrected chi connectivity index (χ2v) is 5.45. The van der Waals surface area contributed by atoms with Gasteiger partial charge < -0.3 is 15.5 Å². The van der Waals surface area contributed by atoms with Crippen molar-refractivity contribution in [2.75, 3.05) is 25.5 Å². The van der Waals surface area contributed by atoms with Gasteiger partial charge in [0.25, 0.3) is 5.69 Å². The van der Waals surface area contributed by atoms with Crippen LogP contribution in [-0.4, -0.2) is 42.0 Å². The van der Waals surface area contributed by atoms with E-state index in [1.165, 1.54) is 18.2 Å². The SMILES string of the molecule is CC[C@@H](C)N(C)CCNC(=O)Nc1cc([N+](=O)[O-])ccc1Cl. The summed E-state index contributed by atoms with van der Waals surface area (Å²) in [6.07, 6.45) is 1.03. The summed E-state index contributed by atoms with van der Waals surface area (Å²) in [7, 11) is 1.99. The third kappa shape index (κ3) is 5.50. The van der Waals surface area contributed by atoms with E-state index in [2.05, 4.69) is 29.4 Å². The van der Waals surface area contributed by atoms with Crippen LogP contribution in [0.2, 0.25) is 5.02 Å². The number of rotatable bonds is 7. The molecular weight excluding hydrogens is 308 g/mol. The van der Waals surface area contributed by atoms with E-state index in [0.29, 0.717) is 19.1 Å². The first kappa shape index (κ1) is 18.2. The van der Waals surface area contributed by atoms with Crippen LogP contribution >= 0.6 is 11.6 Å². The Bertz CT molecular complexity index is 539. The second-order valence-electron chi connectivity index (χ2n) is 5.04. The number of carbonyl (C=O) groups excluding carboxylic acids is 1. The number of amides is 2. The van der Waals surface area contributed by atoms with Gasteiger partial charge in [-0.15, -0.1) is 0 Å². The molecule has 2 amide bonds. The maximum absolute atomic E-state index is 11.8. The van der Waals surface area contributed by atoms with E-state index < -0.39 is 11.0 Å². The summed E-state index contributed by atoms with van der Waals surface area (Å²) in [5.74, 6) is 0. The summed E-state index contributed by atoms with van der Waals surface area (Å²) < 4.78 is 0. The van der Waals surface area contributed by atoms with Crippen LogP contribution in [0.1, 0.15) is 20.3 Å². The zero-order valence-electron chi connectivity index (χ0n) is 12.9. The maximum atomic E-state index is 11.8. The van der Waals surface area contributed by atoms with Crippen LogP contribution in [0, 0.1) is 10.1 Å². The number of nitro benzene ring substituents is 1. The highest BCUT2D eigenvalue weighted by Gasteiger charge is 2.12.